The number of hydrogen-bond acceptors (Lipinski definition) is 3. The SMILES string of the molecule is CCc1noc(Cc2c[nH]c3ccccc23)n1. The summed E-state index contributed by atoms with van der Waals surface area (Å²) < 4.78 is 5.20. The van der Waals surface area contributed by atoms with Crippen molar-refractivity contribution >= 4 is 10.9 Å². The molecule has 0 aliphatic rings. The van der Waals surface area contributed by atoms with Crippen molar-refractivity contribution < 1.29 is 4.52 Å². The maximum Gasteiger partial charge on any atom is 0.231 e. The highest BCUT2D eigenvalue weighted by atomic mass is 16.5. The molecule has 17 heavy (non-hydrogen) atoms. The van der Waals surface area contributed by atoms with Crippen molar-refractivity contribution in [3.8, 4) is 0 Å². The second-order valence-electron chi connectivity index (χ2n) is 3.99. The molecule has 0 aliphatic carbocycles. The molecule has 4 nitrogen and oxygen atoms in total. The van der Waals surface area contributed by atoms with Crippen LogP contribution in [-0.2, 0) is 12.8 Å². The predicted octanol–water partition coefficient (Wildman–Crippen LogP) is 2.70. The van der Waals surface area contributed by atoms with Crippen molar-refractivity contribution in [2.45, 2.75) is 19.8 Å². The number of aromatic amines is 1. The lowest BCUT2D eigenvalue weighted by Gasteiger charge is -1.93. The summed E-state index contributed by atoms with van der Waals surface area (Å²) in [6, 6.07) is 8.21. The molecular weight excluding hydrogens is 214 g/mol. The second kappa shape index (κ2) is 4.05. The summed E-state index contributed by atoms with van der Waals surface area (Å²) in [5.41, 5.74) is 2.32. The van der Waals surface area contributed by atoms with Crippen LogP contribution in [0.4, 0.5) is 0 Å². The largest absolute Gasteiger partial charge is 0.361 e. The standard InChI is InChI=1S/C13H13N3O/c1-2-12-15-13(17-16-12)7-9-8-14-11-6-4-3-5-10(9)11/h3-6,8,14H,2,7H2,1H3. The highest BCUT2D eigenvalue weighted by Gasteiger charge is 2.09. The Bertz CT molecular complexity index is 639. The molecule has 0 spiro atoms. The molecule has 2 heterocycles. The fourth-order valence-electron chi connectivity index (χ4n) is 1.95. The molecule has 0 radical (unpaired) electrons. The van der Waals surface area contributed by atoms with Crippen LogP contribution in [0.25, 0.3) is 10.9 Å². The van der Waals surface area contributed by atoms with E-state index >= 15 is 0 Å². The first kappa shape index (κ1) is 10.1. The summed E-state index contributed by atoms with van der Waals surface area (Å²) in [5, 5.41) is 5.11. The number of hydrogen-bond donors (Lipinski definition) is 1. The normalized spacial score (nSPS) is 11.1. The van der Waals surface area contributed by atoms with Gasteiger partial charge in [0.1, 0.15) is 0 Å². The number of aromatic nitrogens is 3. The average molecular weight is 227 g/mol. The lowest BCUT2D eigenvalue weighted by atomic mass is 10.1. The van der Waals surface area contributed by atoms with Crippen molar-refractivity contribution in [1.82, 2.24) is 15.1 Å². The Hall–Kier alpha value is -2.10. The molecule has 0 atom stereocenters. The molecule has 4 heteroatoms. The highest BCUT2D eigenvalue weighted by Crippen LogP contribution is 2.20. The van der Waals surface area contributed by atoms with E-state index in [2.05, 4.69) is 27.3 Å². The number of aryl methyl sites for hydroxylation is 1. The van der Waals surface area contributed by atoms with E-state index in [-0.39, 0.29) is 0 Å². The topological polar surface area (TPSA) is 54.7 Å². The molecule has 0 fully saturated rings. The van der Waals surface area contributed by atoms with E-state index in [1.54, 1.807) is 0 Å². The summed E-state index contributed by atoms with van der Waals surface area (Å²) in [6.45, 7) is 2.01. The number of benzene rings is 1. The Morgan fingerprint density at radius 2 is 2.18 bits per heavy atom. The zero-order chi connectivity index (χ0) is 11.7. The van der Waals surface area contributed by atoms with Gasteiger partial charge in [0, 0.05) is 23.5 Å². The van der Waals surface area contributed by atoms with Gasteiger partial charge in [-0.1, -0.05) is 30.3 Å². The maximum absolute atomic E-state index is 5.20. The van der Waals surface area contributed by atoms with Gasteiger partial charge < -0.3 is 9.51 Å². The molecule has 0 bridgehead atoms. The van der Waals surface area contributed by atoms with Crippen molar-refractivity contribution in [2.24, 2.45) is 0 Å². The first-order valence-corrected chi connectivity index (χ1v) is 5.73. The summed E-state index contributed by atoms with van der Waals surface area (Å²) in [6.07, 6.45) is 3.48. The summed E-state index contributed by atoms with van der Waals surface area (Å²) in [4.78, 5) is 7.56. The molecule has 0 saturated carbocycles. The number of nitrogens with zero attached hydrogens (tertiary/aromatic N) is 2. The Kier molecular flexibility index (Phi) is 2.40. The van der Waals surface area contributed by atoms with Crippen molar-refractivity contribution in [3.05, 3.63) is 47.7 Å². The summed E-state index contributed by atoms with van der Waals surface area (Å²) in [7, 11) is 0. The minimum atomic E-state index is 0.673. The van der Waals surface area contributed by atoms with Crippen LogP contribution in [-0.4, -0.2) is 15.1 Å². The Morgan fingerprint density at radius 3 is 3.00 bits per heavy atom. The van der Waals surface area contributed by atoms with Crippen molar-refractivity contribution in [3.63, 3.8) is 0 Å². The number of H-pyrrole nitrogens is 1. The van der Waals surface area contributed by atoms with Gasteiger partial charge in [-0.3, -0.25) is 0 Å². The van der Waals surface area contributed by atoms with E-state index in [1.807, 2.05) is 25.3 Å². The smallest absolute Gasteiger partial charge is 0.231 e. The zero-order valence-electron chi connectivity index (χ0n) is 9.60. The van der Waals surface area contributed by atoms with Gasteiger partial charge in [-0.25, -0.2) is 0 Å². The van der Waals surface area contributed by atoms with Gasteiger partial charge in [0.15, 0.2) is 5.82 Å². The first-order valence-electron chi connectivity index (χ1n) is 5.73. The van der Waals surface area contributed by atoms with E-state index in [9.17, 15) is 0 Å². The van der Waals surface area contributed by atoms with Gasteiger partial charge in [0.05, 0.1) is 6.42 Å². The summed E-state index contributed by atoms with van der Waals surface area (Å²) in [5.74, 6) is 1.44. The molecule has 0 saturated heterocycles. The molecule has 1 aromatic carbocycles. The molecule has 1 N–H and O–H groups in total. The van der Waals surface area contributed by atoms with Crippen LogP contribution in [0.1, 0.15) is 24.2 Å². The third-order valence-corrected chi connectivity index (χ3v) is 2.84. The fourth-order valence-corrected chi connectivity index (χ4v) is 1.95. The summed E-state index contributed by atoms with van der Waals surface area (Å²) >= 11 is 0. The van der Waals surface area contributed by atoms with Crippen molar-refractivity contribution in [2.75, 3.05) is 0 Å². The monoisotopic (exact) mass is 227 g/mol. The molecule has 86 valence electrons. The van der Waals surface area contributed by atoms with E-state index in [1.165, 1.54) is 10.9 Å². The van der Waals surface area contributed by atoms with Crippen LogP contribution in [0.2, 0.25) is 0 Å². The van der Waals surface area contributed by atoms with Gasteiger partial charge in [-0.05, 0) is 11.6 Å². The van der Waals surface area contributed by atoms with Crippen LogP contribution in [0, 0.1) is 0 Å². The Labute approximate surface area is 98.7 Å². The van der Waals surface area contributed by atoms with Gasteiger partial charge in [0.2, 0.25) is 5.89 Å². The van der Waals surface area contributed by atoms with Crippen LogP contribution < -0.4 is 0 Å². The lowest BCUT2D eigenvalue weighted by molar-refractivity contribution is 0.380. The molecule has 0 aliphatic heterocycles. The van der Waals surface area contributed by atoms with Crippen LogP contribution in [0.5, 0.6) is 0 Å². The molecule has 3 rings (SSSR count). The van der Waals surface area contributed by atoms with Crippen molar-refractivity contribution in [1.29, 1.82) is 0 Å². The molecule has 0 amide bonds. The second-order valence-corrected chi connectivity index (χ2v) is 3.99. The Balaban J connectivity index is 1.94. The van der Waals surface area contributed by atoms with Crippen LogP contribution in [0.3, 0.4) is 0 Å². The number of fused-ring (bicyclic) bond motifs is 1. The van der Waals surface area contributed by atoms with Crippen LogP contribution >= 0.6 is 0 Å². The molecular formula is C13H13N3O. The maximum atomic E-state index is 5.20. The lowest BCUT2D eigenvalue weighted by Crippen LogP contribution is -1.88. The highest BCUT2D eigenvalue weighted by molar-refractivity contribution is 5.83. The van der Waals surface area contributed by atoms with E-state index in [4.69, 9.17) is 4.52 Å². The van der Waals surface area contributed by atoms with Gasteiger partial charge in [0.25, 0.3) is 0 Å². The third kappa shape index (κ3) is 1.82. The first-order chi connectivity index (χ1) is 8.36. The Morgan fingerprint density at radius 1 is 1.29 bits per heavy atom. The number of nitrogens with one attached hydrogen (secondary N) is 1. The van der Waals surface area contributed by atoms with Crippen LogP contribution in [0.15, 0.2) is 35.0 Å². The molecule has 3 aromatic rings. The minimum Gasteiger partial charge on any atom is -0.361 e. The fraction of sp³-hybridized carbons (Fsp3) is 0.231. The number of para-hydroxylation sites is 1. The number of rotatable bonds is 3. The average Bonchev–Trinajstić information content (AvgIpc) is 2.97. The quantitative estimate of drug-likeness (QED) is 0.748. The molecule has 2 aromatic heterocycles. The third-order valence-electron chi connectivity index (χ3n) is 2.84. The van der Waals surface area contributed by atoms with Gasteiger partial charge >= 0.3 is 0 Å². The van der Waals surface area contributed by atoms with E-state index in [0.29, 0.717) is 12.3 Å². The van der Waals surface area contributed by atoms with E-state index < -0.39 is 0 Å². The minimum absolute atomic E-state index is 0.673. The molecule has 0 unspecified atom stereocenters. The van der Waals surface area contributed by atoms with E-state index in [0.717, 1.165) is 17.8 Å². The van der Waals surface area contributed by atoms with Gasteiger partial charge in [-0.2, -0.15) is 4.98 Å². The predicted molar refractivity (Wildman–Crippen MR) is 64.8 cm³/mol. The zero-order valence-corrected chi connectivity index (χ0v) is 9.60. The van der Waals surface area contributed by atoms with Gasteiger partial charge in [-0.15, -0.1) is 0 Å².